The number of benzene rings is 1. The molecule has 2 aromatic rings. The van der Waals surface area contributed by atoms with Gasteiger partial charge in [-0.3, -0.25) is 9.59 Å². The number of pyridine rings is 1. The van der Waals surface area contributed by atoms with Crippen LogP contribution < -0.4 is 10.1 Å². The molecule has 29 heavy (non-hydrogen) atoms. The SMILES string of the molecule is COc1ccc(/C=C/C(=O)N2CCCC(C(=O)Nc3cccc(C)n3)C2)cc1F. The highest BCUT2D eigenvalue weighted by atomic mass is 19.1. The minimum Gasteiger partial charge on any atom is -0.494 e. The summed E-state index contributed by atoms with van der Waals surface area (Å²) in [4.78, 5) is 31.0. The molecule has 1 saturated heterocycles. The molecule has 0 saturated carbocycles. The fourth-order valence-electron chi connectivity index (χ4n) is 3.29. The molecule has 1 fully saturated rings. The van der Waals surface area contributed by atoms with E-state index in [1.165, 1.54) is 25.3 Å². The van der Waals surface area contributed by atoms with E-state index in [-0.39, 0.29) is 23.5 Å². The van der Waals surface area contributed by atoms with Crippen LogP contribution in [0.15, 0.2) is 42.5 Å². The number of anilines is 1. The van der Waals surface area contributed by atoms with E-state index in [4.69, 9.17) is 4.74 Å². The number of carbonyl (C=O) groups excluding carboxylic acids is 2. The molecule has 152 valence electrons. The second kappa shape index (κ2) is 9.32. The van der Waals surface area contributed by atoms with Crippen LogP contribution in [-0.4, -0.2) is 41.9 Å². The Labute approximate surface area is 169 Å². The molecule has 3 rings (SSSR count). The number of likely N-dealkylation sites (tertiary alicyclic amines) is 1. The van der Waals surface area contributed by atoms with Crippen molar-refractivity contribution in [2.75, 3.05) is 25.5 Å². The minimum absolute atomic E-state index is 0.137. The number of aromatic nitrogens is 1. The van der Waals surface area contributed by atoms with Crippen molar-refractivity contribution in [3.05, 3.63) is 59.5 Å². The van der Waals surface area contributed by atoms with E-state index in [0.717, 1.165) is 18.5 Å². The average molecular weight is 397 g/mol. The molecule has 7 heteroatoms. The third kappa shape index (κ3) is 5.40. The Hall–Kier alpha value is -3.22. The van der Waals surface area contributed by atoms with Crippen molar-refractivity contribution in [3.8, 4) is 5.75 Å². The van der Waals surface area contributed by atoms with Gasteiger partial charge in [0.2, 0.25) is 11.8 Å². The average Bonchev–Trinajstić information content (AvgIpc) is 2.72. The third-order valence-corrected chi connectivity index (χ3v) is 4.84. The molecule has 2 amide bonds. The summed E-state index contributed by atoms with van der Waals surface area (Å²) in [6.07, 6.45) is 4.43. The van der Waals surface area contributed by atoms with Gasteiger partial charge in [-0.05, 0) is 55.7 Å². The Morgan fingerprint density at radius 1 is 1.31 bits per heavy atom. The van der Waals surface area contributed by atoms with E-state index in [1.54, 1.807) is 23.1 Å². The summed E-state index contributed by atoms with van der Waals surface area (Å²) in [6.45, 7) is 2.79. The number of nitrogens with zero attached hydrogens (tertiary/aromatic N) is 2. The molecule has 1 atom stereocenters. The Morgan fingerprint density at radius 2 is 2.14 bits per heavy atom. The highest BCUT2D eigenvalue weighted by Crippen LogP contribution is 2.20. The molecular formula is C22H24FN3O3. The predicted molar refractivity (Wildman–Crippen MR) is 109 cm³/mol. The number of carbonyl (C=O) groups is 2. The van der Waals surface area contributed by atoms with E-state index in [0.29, 0.717) is 24.5 Å². The number of methoxy groups -OCH3 is 1. The maximum absolute atomic E-state index is 13.8. The zero-order valence-electron chi connectivity index (χ0n) is 16.5. The topological polar surface area (TPSA) is 71.5 Å². The van der Waals surface area contributed by atoms with Crippen LogP contribution in [0.5, 0.6) is 5.75 Å². The van der Waals surface area contributed by atoms with Crippen LogP contribution in [0.4, 0.5) is 10.2 Å². The molecule has 6 nitrogen and oxygen atoms in total. The number of aryl methyl sites for hydroxylation is 1. The molecule has 0 spiro atoms. The van der Waals surface area contributed by atoms with Gasteiger partial charge in [0.25, 0.3) is 0 Å². The van der Waals surface area contributed by atoms with E-state index in [2.05, 4.69) is 10.3 Å². The molecule has 1 aliphatic rings. The standard InChI is InChI=1S/C22H24FN3O3/c1-15-5-3-7-20(24-15)25-22(28)17-6-4-12-26(14-17)21(27)11-9-16-8-10-19(29-2)18(23)13-16/h3,5,7-11,13,17H,4,6,12,14H2,1-2H3,(H,24,25,28)/b11-9+. The van der Waals surface area contributed by atoms with Gasteiger partial charge < -0.3 is 15.0 Å². The fraction of sp³-hybridized carbons (Fsp3) is 0.318. The van der Waals surface area contributed by atoms with Gasteiger partial charge in [0.15, 0.2) is 11.6 Å². The highest BCUT2D eigenvalue weighted by Gasteiger charge is 2.27. The molecular weight excluding hydrogens is 373 g/mol. The molecule has 1 aliphatic heterocycles. The Balaban J connectivity index is 1.60. The van der Waals surface area contributed by atoms with Gasteiger partial charge in [-0.15, -0.1) is 0 Å². The van der Waals surface area contributed by atoms with Crippen molar-refractivity contribution in [3.63, 3.8) is 0 Å². The van der Waals surface area contributed by atoms with Crippen LogP contribution in [0.2, 0.25) is 0 Å². The first-order chi connectivity index (χ1) is 14.0. The number of piperidine rings is 1. The molecule has 0 aliphatic carbocycles. The lowest BCUT2D eigenvalue weighted by Crippen LogP contribution is -2.43. The first kappa shape index (κ1) is 20.5. The number of amides is 2. The molecule has 1 N–H and O–H groups in total. The molecule has 0 bridgehead atoms. The monoisotopic (exact) mass is 397 g/mol. The zero-order valence-corrected chi connectivity index (χ0v) is 16.5. The predicted octanol–water partition coefficient (Wildman–Crippen LogP) is 3.43. The second-order valence-electron chi connectivity index (χ2n) is 7.00. The van der Waals surface area contributed by atoms with Crippen LogP contribution in [-0.2, 0) is 9.59 Å². The summed E-state index contributed by atoms with van der Waals surface area (Å²) in [7, 11) is 1.40. The number of halogens is 1. The lowest BCUT2D eigenvalue weighted by molar-refractivity contribution is -0.130. The van der Waals surface area contributed by atoms with Gasteiger partial charge in [0.1, 0.15) is 5.82 Å². The molecule has 1 aromatic heterocycles. The number of hydrogen-bond acceptors (Lipinski definition) is 4. The third-order valence-electron chi connectivity index (χ3n) is 4.84. The maximum Gasteiger partial charge on any atom is 0.246 e. The van der Waals surface area contributed by atoms with Gasteiger partial charge in [0, 0.05) is 24.9 Å². The summed E-state index contributed by atoms with van der Waals surface area (Å²) in [5.41, 5.74) is 1.39. The quantitative estimate of drug-likeness (QED) is 0.785. The second-order valence-corrected chi connectivity index (χ2v) is 7.00. The Morgan fingerprint density at radius 3 is 2.86 bits per heavy atom. The summed E-state index contributed by atoms with van der Waals surface area (Å²) >= 11 is 0. The lowest BCUT2D eigenvalue weighted by Gasteiger charge is -2.31. The summed E-state index contributed by atoms with van der Waals surface area (Å²) < 4.78 is 18.7. The summed E-state index contributed by atoms with van der Waals surface area (Å²) in [5, 5.41) is 2.83. The smallest absolute Gasteiger partial charge is 0.246 e. The van der Waals surface area contributed by atoms with Gasteiger partial charge in [-0.25, -0.2) is 9.37 Å². The molecule has 1 unspecified atom stereocenters. The Kier molecular flexibility index (Phi) is 6.59. The maximum atomic E-state index is 13.8. The van der Waals surface area contributed by atoms with Crippen molar-refractivity contribution in [2.45, 2.75) is 19.8 Å². The van der Waals surface area contributed by atoms with Gasteiger partial charge in [-0.2, -0.15) is 0 Å². The normalized spacial score (nSPS) is 16.7. The van der Waals surface area contributed by atoms with E-state index in [9.17, 15) is 14.0 Å². The van der Waals surface area contributed by atoms with Crippen LogP contribution in [0.1, 0.15) is 24.1 Å². The zero-order chi connectivity index (χ0) is 20.8. The Bertz CT molecular complexity index is 929. The summed E-state index contributed by atoms with van der Waals surface area (Å²) in [6, 6.07) is 9.93. The van der Waals surface area contributed by atoms with E-state index < -0.39 is 5.82 Å². The minimum atomic E-state index is -0.485. The van der Waals surface area contributed by atoms with Gasteiger partial charge in [0.05, 0.1) is 13.0 Å². The van der Waals surface area contributed by atoms with Crippen LogP contribution in [0.25, 0.3) is 6.08 Å². The number of nitrogens with one attached hydrogen (secondary N) is 1. The van der Waals surface area contributed by atoms with Gasteiger partial charge in [-0.1, -0.05) is 12.1 Å². The highest BCUT2D eigenvalue weighted by molar-refractivity contribution is 5.94. The van der Waals surface area contributed by atoms with Crippen molar-refractivity contribution in [1.29, 1.82) is 0 Å². The van der Waals surface area contributed by atoms with Crippen molar-refractivity contribution in [1.82, 2.24) is 9.88 Å². The fourth-order valence-corrected chi connectivity index (χ4v) is 3.29. The largest absolute Gasteiger partial charge is 0.494 e. The van der Waals surface area contributed by atoms with E-state index >= 15 is 0 Å². The first-order valence-electron chi connectivity index (χ1n) is 9.51. The van der Waals surface area contributed by atoms with Crippen molar-refractivity contribution in [2.24, 2.45) is 5.92 Å². The van der Waals surface area contributed by atoms with Gasteiger partial charge >= 0.3 is 0 Å². The van der Waals surface area contributed by atoms with Crippen LogP contribution >= 0.6 is 0 Å². The van der Waals surface area contributed by atoms with Crippen molar-refractivity contribution < 1.29 is 18.7 Å². The van der Waals surface area contributed by atoms with Crippen LogP contribution in [0.3, 0.4) is 0 Å². The van der Waals surface area contributed by atoms with Crippen molar-refractivity contribution >= 4 is 23.7 Å². The molecule has 0 radical (unpaired) electrons. The first-order valence-corrected chi connectivity index (χ1v) is 9.51. The van der Waals surface area contributed by atoms with Crippen LogP contribution in [0, 0.1) is 18.7 Å². The summed E-state index contributed by atoms with van der Waals surface area (Å²) in [5.74, 6) is -0.445. The van der Waals surface area contributed by atoms with E-state index in [1.807, 2.05) is 19.1 Å². The molecule has 2 heterocycles. The number of rotatable bonds is 5. The lowest BCUT2D eigenvalue weighted by atomic mass is 9.97. The number of ether oxygens (including phenoxy) is 1. The molecule has 1 aromatic carbocycles. The number of hydrogen-bond donors (Lipinski definition) is 1.